The quantitative estimate of drug-likeness (QED) is 0.321. The van der Waals surface area contributed by atoms with E-state index >= 15 is 0 Å². The van der Waals surface area contributed by atoms with Crippen LogP contribution in [0, 0.1) is 11.8 Å². The maximum atomic E-state index is 14.1. The Hall–Kier alpha value is -4.46. The summed E-state index contributed by atoms with van der Waals surface area (Å²) in [4.78, 5) is 31.3. The number of allylic oxidation sites excluding steroid dienone is 12. The van der Waals surface area contributed by atoms with Crippen LogP contribution in [-0.4, -0.2) is 112 Å². The van der Waals surface area contributed by atoms with Gasteiger partial charge in [-0.05, 0) is 74.1 Å². The molecule has 1 amide bonds. The summed E-state index contributed by atoms with van der Waals surface area (Å²) in [7, 11) is 0. The number of nitrogens with one attached hydrogen (secondary N) is 1. The van der Waals surface area contributed by atoms with Crippen LogP contribution in [0.2, 0.25) is 0 Å². The van der Waals surface area contributed by atoms with E-state index in [4.69, 9.17) is 38.7 Å². The summed E-state index contributed by atoms with van der Waals surface area (Å²) in [6.45, 7) is 20.2. The molecule has 0 radical (unpaired) electrons. The fourth-order valence-electron chi connectivity index (χ4n) is 8.51. The molecule has 12 nitrogen and oxygen atoms in total. The average Bonchev–Trinajstić information content (AvgIpc) is 3.95. The second-order valence-electron chi connectivity index (χ2n) is 15.2. The molecular formula is C45H57N5O7. The highest BCUT2D eigenvalue weighted by molar-refractivity contribution is 6.21. The first-order valence-corrected chi connectivity index (χ1v) is 20.5. The standard InChI is InChI=1S/C45H57N5O7/c1-7-31-27(3)35-24-37-29(5)33(9-10-42(52)50-11-13-53-15-17-55-19-21-57-22-20-56-18-16-54-14-12-50)44(48-37)34-23-41(51)43-30(6)38(49-45(34)43)26-40-32(8-2)28(4)36(47-40)25-39(31)46-35/h7,24-26,29,33,48,51H,1,8-23H2,2-6H3/t29-,33-/m0/s1. The number of amides is 1. The van der Waals surface area contributed by atoms with Crippen molar-refractivity contribution in [3.05, 3.63) is 104 Å². The Kier molecular flexibility index (Phi) is 13.2. The second kappa shape index (κ2) is 18.4. The van der Waals surface area contributed by atoms with E-state index in [0.29, 0.717) is 104 Å². The number of aliphatic hydroxyl groups excluding tert-OH is 1. The molecule has 0 aromatic carbocycles. The maximum Gasteiger partial charge on any atom is 0.222 e. The molecule has 0 aromatic heterocycles. The molecule has 1 aliphatic carbocycles. The van der Waals surface area contributed by atoms with Crippen molar-refractivity contribution in [3.8, 4) is 0 Å². The van der Waals surface area contributed by atoms with Crippen molar-refractivity contribution in [2.45, 2.75) is 60.3 Å². The smallest absolute Gasteiger partial charge is 0.222 e. The van der Waals surface area contributed by atoms with Crippen LogP contribution in [0.3, 0.4) is 0 Å². The molecule has 2 N–H and O–H groups in total. The molecule has 0 spiro atoms. The first kappa shape index (κ1) is 40.7. The van der Waals surface area contributed by atoms with Crippen LogP contribution in [0.4, 0.5) is 0 Å². The molecule has 7 rings (SSSR count). The molecule has 2 saturated heterocycles. The lowest BCUT2D eigenvalue weighted by Crippen LogP contribution is -2.37. The average molecular weight is 780 g/mol. The molecule has 304 valence electrons. The van der Waals surface area contributed by atoms with Gasteiger partial charge in [0.15, 0.2) is 0 Å². The first-order chi connectivity index (χ1) is 27.7. The zero-order chi connectivity index (χ0) is 40.1. The van der Waals surface area contributed by atoms with E-state index in [2.05, 4.69) is 57.8 Å². The van der Waals surface area contributed by atoms with Crippen molar-refractivity contribution in [2.75, 3.05) is 79.2 Å². The lowest BCUT2D eigenvalue weighted by molar-refractivity contribution is -0.133. The van der Waals surface area contributed by atoms with E-state index in [0.717, 1.165) is 85.5 Å². The lowest BCUT2D eigenvalue weighted by Gasteiger charge is -2.24. The van der Waals surface area contributed by atoms with Gasteiger partial charge >= 0.3 is 0 Å². The number of aliphatic imine (C=N–C) groups is 3. The number of rotatable bonds is 5. The number of ether oxygens (including phenoxy) is 5. The third-order valence-corrected chi connectivity index (χ3v) is 11.8. The van der Waals surface area contributed by atoms with E-state index in [-0.39, 0.29) is 17.7 Å². The van der Waals surface area contributed by atoms with Gasteiger partial charge in [0.25, 0.3) is 0 Å². The number of fused-ring (bicyclic) bond motifs is 5. The largest absolute Gasteiger partial charge is 0.511 e. The predicted molar refractivity (Wildman–Crippen MR) is 222 cm³/mol. The summed E-state index contributed by atoms with van der Waals surface area (Å²) >= 11 is 0. The van der Waals surface area contributed by atoms with Crippen LogP contribution in [0.1, 0.15) is 60.3 Å². The van der Waals surface area contributed by atoms with Gasteiger partial charge in [0.1, 0.15) is 5.76 Å². The molecule has 2 atom stereocenters. The minimum Gasteiger partial charge on any atom is -0.511 e. The van der Waals surface area contributed by atoms with Crippen molar-refractivity contribution in [1.82, 2.24) is 10.2 Å². The van der Waals surface area contributed by atoms with Crippen molar-refractivity contribution >= 4 is 23.0 Å². The molecular weight excluding hydrogens is 723 g/mol. The van der Waals surface area contributed by atoms with Gasteiger partial charge in [0, 0.05) is 65.9 Å². The zero-order valence-electron chi connectivity index (χ0n) is 34.2. The van der Waals surface area contributed by atoms with Gasteiger partial charge in [-0.15, -0.1) is 0 Å². The highest BCUT2D eigenvalue weighted by Gasteiger charge is 2.41. The fraction of sp³-hybridized carbons (Fsp3) is 0.511. The summed E-state index contributed by atoms with van der Waals surface area (Å²) < 4.78 is 28.4. The summed E-state index contributed by atoms with van der Waals surface area (Å²) in [6, 6.07) is 0. The molecule has 0 unspecified atom stereocenters. The molecule has 7 aliphatic rings. The van der Waals surface area contributed by atoms with E-state index in [1.807, 2.05) is 17.9 Å². The number of hydrogen-bond acceptors (Lipinski definition) is 11. The predicted octanol–water partition coefficient (Wildman–Crippen LogP) is 6.55. The number of nitrogens with zero attached hydrogens (tertiary/aromatic N) is 4. The van der Waals surface area contributed by atoms with Gasteiger partial charge < -0.3 is 39.0 Å². The molecule has 6 aliphatic heterocycles. The lowest BCUT2D eigenvalue weighted by atomic mass is 9.86. The van der Waals surface area contributed by atoms with E-state index in [1.54, 1.807) is 0 Å². The Morgan fingerprint density at radius 3 is 2.05 bits per heavy atom. The van der Waals surface area contributed by atoms with Gasteiger partial charge in [-0.25, -0.2) is 15.0 Å². The Balaban J connectivity index is 1.19. The van der Waals surface area contributed by atoms with Crippen molar-refractivity contribution in [2.24, 2.45) is 26.8 Å². The Morgan fingerprint density at radius 1 is 0.842 bits per heavy atom. The van der Waals surface area contributed by atoms with Crippen LogP contribution in [0.15, 0.2) is 119 Å². The maximum absolute atomic E-state index is 14.1. The fourth-order valence-corrected chi connectivity index (χ4v) is 8.51. The SMILES string of the molecule is C=CC1=C(C)C2=NC1=CC1=NC(=CC3=C(C)C4=C(O)CC(=C5NC(=C2)[C@@H](C)[C@@H]5CCC(=O)N2CCOCCOCCOCCOCCOCC2)C4=N3)C(CC)=C1C. The highest BCUT2D eigenvalue weighted by atomic mass is 16.6. The number of hydrogen-bond donors (Lipinski definition) is 2. The number of carbonyl (C=O) groups excluding carboxylic acids is 1. The minimum absolute atomic E-state index is 0.0329. The molecule has 57 heavy (non-hydrogen) atoms. The van der Waals surface area contributed by atoms with Crippen LogP contribution >= 0.6 is 0 Å². The highest BCUT2D eigenvalue weighted by Crippen LogP contribution is 2.46. The normalized spacial score (nSPS) is 25.5. The number of carbonyl (C=O) groups is 1. The zero-order valence-corrected chi connectivity index (χ0v) is 34.2. The van der Waals surface area contributed by atoms with Gasteiger partial charge in [-0.1, -0.05) is 26.5 Å². The van der Waals surface area contributed by atoms with Crippen LogP contribution < -0.4 is 5.32 Å². The molecule has 0 saturated carbocycles. The second-order valence-corrected chi connectivity index (χ2v) is 15.2. The summed E-state index contributed by atoms with van der Waals surface area (Å²) in [5.41, 5.74) is 14.1. The van der Waals surface area contributed by atoms with E-state index < -0.39 is 0 Å². The third-order valence-electron chi connectivity index (χ3n) is 11.8. The van der Waals surface area contributed by atoms with Gasteiger partial charge in [-0.3, -0.25) is 4.79 Å². The molecule has 6 heterocycles. The van der Waals surface area contributed by atoms with Crippen molar-refractivity contribution < 1.29 is 33.6 Å². The number of aliphatic hydroxyl groups is 1. The minimum atomic E-state index is -0.0337. The summed E-state index contributed by atoms with van der Waals surface area (Å²) in [5.74, 6) is 0.360. The topological polar surface area (TPSA) is 136 Å². The van der Waals surface area contributed by atoms with Gasteiger partial charge in [0.05, 0.1) is 100 Å². The van der Waals surface area contributed by atoms with Crippen molar-refractivity contribution in [1.29, 1.82) is 0 Å². The summed E-state index contributed by atoms with van der Waals surface area (Å²) in [6.07, 6.45) is 10.3. The first-order valence-electron chi connectivity index (χ1n) is 20.5. The Labute approximate surface area is 336 Å². The molecule has 2 fully saturated rings. The summed E-state index contributed by atoms with van der Waals surface area (Å²) in [5, 5.41) is 15.3. The van der Waals surface area contributed by atoms with E-state index in [9.17, 15) is 9.90 Å². The molecule has 12 heteroatoms. The Morgan fingerprint density at radius 2 is 1.44 bits per heavy atom. The Bertz CT molecular complexity index is 2000. The molecule has 8 bridgehead atoms. The van der Waals surface area contributed by atoms with Gasteiger partial charge in [0.2, 0.25) is 5.91 Å². The van der Waals surface area contributed by atoms with Crippen LogP contribution in [-0.2, 0) is 28.5 Å². The third kappa shape index (κ3) is 8.71. The monoisotopic (exact) mass is 779 g/mol. The van der Waals surface area contributed by atoms with Crippen LogP contribution in [0.5, 0.6) is 0 Å². The molecule has 0 aromatic rings. The van der Waals surface area contributed by atoms with Crippen molar-refractivity contribution in [3.63, 3.8) is 0 Å². The van der Waals surface area contributed by atoms with E-state index in [1.165, 1.54) is 5.57 Å². The van der Waals surface area contributed by atoms with Crippen LogP contribution in [0.25, 0.3) is 0 Å². The van der Waals surface area contributed by atoms with Gasteiger partial charge in [-0.2, -0.15) is 0 Å².